The van der Waals surface area contributed by atoms with Gasteiger partial charge in [-0.1, -0.05) is 32.3 Å². The Bertz CT molecular complexity index is 524. The highest BCUT2D eigenvalue weighted by molar-refractivity contribution is 14.0. The molecule has 150 valence electrons. The summed E-state index contributed by atoms with van der Waals surface area (Å²) in [5.41, 5.74) is 0.989. The summed E-state index contributed by atoms with van der Waals surface area (Å²) in [4.78, 5) is 7.24. The molecule has 0 saturated carbocycles. The summed E-state index contributed by atoms with van der Waals surface area (Å²) in [7, 11) is 0. The number of aliphatic imine (C=N–C) groups is 1. The SMILES string of the molecule is CCCCN1CCC(NC(=NCc2cc(C(C)C)no2)NCC)CC1.I. The van der Waals surface area contributed by atoms with Crippen molar-refractivity contribution in [3.8, 4) is 0 Å². The fraction of sp³-hybridized carbons (Fsp3) is 0.789. The van der Waals surface area contributed by atoms with Gasteiger partial charge in [0.05, 0.1) is 5.69 Å². The Kier molecular flexibility index (Phi) is 11.2. The van der Waals surface area contributed by atoms with Crippen LogP contribution in [0.1, 0.15) is 70.8 Å². The first-order valence-corrected chi connectivity index (χ1v) is 9.85. The molecule has 0 atom stereocenters. The lowest BCUT2D eigenvalue weighted by molar-refractivity contribution is 0.203. The van der Waals surface area contributed by atoms with Gasteiger partial charge in [-0.2, -0.15) is 0 Å². The van der Waals surface area contributed by atoms with Crippen LogP contribution in [0.15, 0.2) is 15.6 Å². The lowest BCUT2D eigenvalue weighted by Crippen LogP contribution is -2.48. The third-order valence-electron chi connectivity index (χ3n) is 4.66. The molecular formula is C19H36IN5O. The van der Waals surface area contributed by atoms with Crippen LogP contribution in [0.5, 0.6) is 0 Å². The van der Waals surface area contributed by atoms with E-state index in [1.165, 1.54) is 45.3 Å². The molecule has 0 aromatic carbocycles. The number of hydrogen-bond acceptors (Lipinski definition) is 4. The van der Waals surface area contributed by atoms with Crippen molar-refractivity contribution in [1.29, 1.82) is 0 Å². The minimum Gasteiger partial charge on any atom is -0.359 e. The minimum atomic E-state index is 0. The zero-order valence-electron chi connectivity index (χ0n) is 16.8. The van der Waals surface area contributed by atoms with Gasteiger partial charge in [-0.05, 0) is 38.6 Å². The first kappa shape index (κ1) is 23.2. The molecule has 0 unspecified atom stereocenters. The molecule has 0 aliphatic carbocycles. The summed E-state index contributed by atoms with van der Waals surface area (Å²) < 4.78 is 5.38. The number of hydrogen-bond donors (Lipinski definition) is 2. The molecule has 0 bridgehead atoms. The summed E-state index contributed by atoms with van der Waals surface area (Å²) in [6.07, 6.45) is 4.93. The smallest absolute Gasteiger partial charge is 0.191 e. The third-order valence-corrected chi connectivity index (χ3v) is 4.66. The molecule has 2 N–H and O–H groups in total. The van der Waals surface area contributed by atoms with Crippen LogP contribution in [0.3, 0.4) is 0 Å². The molecule has 0 spiro atoms. The van der Waals surface area contributed by atoms with Crippen LogP contribution in [0, 0.1) is 0 Å². The van der Waals surface area contributed by atoms with Crippen LogP contribution in [-0.2, 0) is 6.54 Å². The molecule has 1 fully saturated rings. The molecule has 1 aliphatic rings. The van der Waals surface area contributed by atoms with Crippen LogP contribution in [0.2, 0.25) is 0 Å². The lowest BCUT2D eigenvalue weighted by atomic mass is 10.0. The van der Waals surface area contributed by atoms with E-state index in [2.05, 4.69) is 53.4 Å². The summed E-state index contributed by atoms with van der Waals surface area (Å²) >= 11 is 0. The molecule has 26 heavy (non-hydrogen) atoms. The van der Waals surface area contributed by atoms with Crippen molar-refractivity contribution in [3.63, 3.8) is 0 Å². The topological polar surface area (TPSA) is 65.7 Å². The average molecular weight is 477 g/mol. The largest absolute Gasteiger partial charge is 0.359 e. The van der Waals surface area contributed by atoms with Gasteiger partial charge in [-0.25, -0.2) is 4.99 Å². The van der Waals surface area contributed by atoms with Gasteiger partial charge in [0.1, 0.15) is 6.54 Å². The molecule has 0 amide bonds. The molecule has 7 heteroatoms. The van der Waals surface area contributed by atoms with Gasteiger partial charge in [-0.15, -0.1) is 24.0 Å². The lowest BCUT2D eigenvalue weighted by Gasteiger charge is -2.33. The highest BCUT2D eigenvalue weighted by atomic mass is 127. The molecule has 1 aromatic rings. The first-order chi connectivity index (χ1) is 12.1. The maximum Gasteiger partial charge on any atom is 0.191 e. The molecule has 1 saturated heterocycles. The second kappa shape index (κ2) is 12.5. The number of nitrogens with zero attached hydrogens (tertiary/aromatic N) is 3. The predicted molar refractivity (Wildman–Crippen MR) is 118 cm³/mol. The van der Waals surface area contributed by atoms with Crippen LogP contribution >= 0.6 is 24.0 Å². The van der Waals surface area contributed by atoms with Gasteiger partial charge in [0.15, 0.2) is 11.7 Å². The molecule has 1 aromatic heterocycles. The summed E-state index contributed by atoms with van der Waals surface area (Å²) in [6, 6.07) is 2.50. The monoisotopic (exact) mass is 477 g/mol. The van der Waals surface area contributed by atoms with Gasteiger partial charge < -0.3 is 20.1 Å². The second-order valence-corrected chi connectivity index (χ2v) is 7.18. The van der Waals surface area contributed by atoms with Crippen LogP contribution in [0.4, 0.5) is 0 Å². The maximum absolute atomic E-state index is 5.38. The normalized spacial score (nSPS) is 16.6. The number of unbranched alkanes of at least 4 members (excludes halogenated alkanes) is 1. The van der Waals surface area contributed by atoms with E-state index in [9.17, 15) is 0 Å². The molecule has 2 heterocycles. The second-order valence-electron chi connectivity index (χ2n) is 7.18. The molecule has 1 aliphatic heterocycles. The summed E-state index contributed by atoms with van der Waals surface area (Å²) in [5.74, 6) is 2.07. The van der Waals surface area contributed by atoms with Crippen LogP contribution in [0.25, 0.3) is 0 Å². The van der Waals surface area contributed by atoms with Gasteiger partial charge in [-0.3, -0.25) is 0 Å². The fourth-order valence-electron chi connectivity index (χ4n) is 3.03. The van der Waals surface area contributed by atoms with Crippen LogP contribution < -0.4 is 10.6 Å². The van der Waals surface area contributed by atoms with E-state index in [0.717, 1.165) is 24.0 Å². The molecule has 0 radical (unpaired) electrons. The highest BCUT2D eigenvalue weighted by Crippen LogP contribution is 2.15. The van der Waals surface area contributed by atoms with E-state index in [0.29, 0.717) is 18.5 Å². The Balaban J connectivity index is 0.00000338. The molecule has 6 nitrogen and oxygen atoms in total. The van der Waals surface area contributed by atoms with Crippen molar-refractivity contribution < 1.29 is 4.52 Å². The van der Waals surface area contributed by atoms with Crippen molar-refractivity contribution in [3.05, 3.63) is 17.5 Å². The van der Waals surface area contributed by atoms with Crippen molar-refractivity contribution in [2.24, 2.45) is 4.99 Å². The number of piperidine rings is 1. The van der Waals surface area contributed by atoms with E-state index >= 15 is 0 Å². The highest BCUT2D eigenvalue weighted by Gasteiger charge is 2.19. The van der Waals surface area contributed by atoms with E-state index < -0.39 is 0 Å². The summed E-state index contributed by atoms with van der Waals surface area (Å²) in [5, 5.41) is 11.0. The van der Waals surface area contributed by atoms with Gasteiger partial charge in [0.2, 0.25) is 0 Å². The quantitative estimate of drug-likeness (QED) is 0.339. The molecular weight excluding hydrogens is 441 g/mol. The van der Waals surface area contributed by atoms with E-state index in [1.807, 2.05) is 6.07 Å². The van der Waals surface area contributed by atoms with Gasteiger partial charge in [0.25, 0.3) is 0 Å². The zero-order chi connectivity index (χ0) is 18.1. The van der Waals surface area contributed by atoms with Gasteiger partial charge >= 0.3 is 0 Å². The number of likely N-dealkylation sites (tertiary alicyclic amines) is 1. The van der Waals surface area contributed by atoms with E-state index in [-0.39, 0.29) is 24.0 Å². The Morgan fingerprint density at radius 1 is 1.35 bits per heavy atom. The maximum atomic E-state index is 5.38. The van der Waals surface area contributed by atoms with Gasteiger partial charge in [0, 0.05) is 31.7 Å². The Morgan fingerprint density at radius 2 is 2.08 bits per heavy atom. The van der Waals surface area contributed by atoms with E-state index in [1.54, 1.807) is 0 Å². The fourth-order valence-corrected chi connectivity index (χ4v) is 3.03. The van der Waals surface area contributed by atoms with Crippen molar-refractivity contribution in [1.82, 2.24) is 20.7 Å². The standard InChI is InChI=1S/C19H35N5O.HI/c1-5-7-10-24-11-8-16(9-12-24)22-19(20-6-2)21-14-17-13-18(15(3)4)23-25-17;/h13,15-16H,5-12,14H2,1-4H3,(H2,20,21,22);1H. The van der Waals surface area contributed by atoms with Crippen molar-refractivity contribution in [2.45, 2.75) is 71.9 Å². The summed E-state index contributed by atoms with van der Waals surface area (Å²) in [6.45, 7) is 13.5. The minimum absolute atomic E-state index is 0. The number of nitrogens with one attached hydrogen (secondary N) is 2. The number of guanidine groups is 1. The third kappa shape index (κ3) is 7.82. The predicted octanol–water partition coefficient (Wildman–Crippen LogP) is 3.74. The Hall–Kier alpha value is -0.830. The molecule has 2 rings (SSSR count). The zero-order valence-corrected chi connectivity index (χ0v) is 19.1. The Labute approximate surface area is 175 Å². The first-order valence-electron chi connectivity index (χ1n) is 9.85. The van der Waals surface area contributed by atoms with E-state index in [4.69, 9.17) is 4.52 Å². The Morgan fingerprint density at radius 3 is 2.65 bits per heavy atom. The van der Waals surface area contributed by atoms with Crippen molar-refractivity contribution >= 4 is 29.9 Å². The number of rotatable bonds is 8. The van der Waals surface area contributed by atoms with Crippen LogP contribution in [-0.4, -0.2) is 48.2 Å². The number of halogens is 1. The average Bonchev–Trinajstić information content (AvgIpc) is 3.08. The number of aromatic nitrogens is 1. The van der Waals surface area contributed by atoms with Crippen molar-refractivity contribution in [2.75, 3.05) is 26.2 Å².